The summed E-state index contributed by atoms with van der Waals surface area (Å²) in [6.07, 6.45) is 5.94. The van der Waals surface area contributed by atoms with Crippen LogP contribution in [0.25, 0.3) is 11.1 Å². The van der Waals surface area contributed by atoms with Gasteiger partial charge in [-0.15, -0.1) is 0 Å². The SMILES string of the molecule is Cc1ccc(-c2[c]nc(C(N)=O)nc2OCCOc2ncc(Br)cn2)cc1. The van der Waals surface area contributed by atoms with Crippen molar-refractivity contribution < 1.29 is 14.3 Å². The van der Waals surface area contributed by atoms with Crippen molar-refractivity contribution in [3.63, 3.8) is 0 Å². The van der Waals surface area contributed by atoms with E-state index in [0.717, 1.165) is 15.6 Å². The molecule has 1 amide bonds. The smallest absolute Gasteiger partial charge is 0.316 e. The molecule has 8 nitrogen and oxygen atoms in total. The number of rotatable bonds is 7. The van der Waals surface area contributed by atoms with Gasteiger partial charge in [0.15, 0.2) is 0 Å². The molecule has 0 unspecified atom stereocenters. The Morgan fingerprint density at radius 3 is 2.48 bits per heavy atom. The van der Waals surface area contributed by atoms with E-state index in [2.05, 4.69) is 42.1 Å². The number of carbonyl (C=O) groups is 1. The molecule has 0 bridgehead atoms. The van der Waals surface area contributed by atoms with Gasteiger partial charge in [-0.05, 0) is 28.4 Å². The molecular weight excluding hydrogens is 414 g/mol. The van der Waals surface area contributed by atoms with Crippen LogP contribution < -0.4 is 15.2 Å². The molecule has 3 aromatic rings. The number of benzene rings is 1. The minimum absolute atomic E-state index is 0.154. The second kappa shape index (κ2) is 8.54. The summed E-state index contributed by atoms with van der Waals surface area (Å²) in [5.41, 5.74) is 7.70. The Labute approximate surface area is 163 Å². The second-order valence-corrected chi connectivity index (χ2v) is 6.37. The number of halogens is 1. The van der Waals surface area contributed by atoms with Crippen LogP contribution in [0.2, 0.25) is 0 Å². The third kappa shape index (κ3) is 4.98. The molecule has 3 rings (SSSR count). The molecule has 2 aromatic heterocycles. The van der Waals surface area contributed by atoms with Gasteiger partial charge in [-0.1, -0.05) is 29.8 Å². The van der Waals surface area contributed by atoms with E-state index in [0.29, 0.717) is 5.56 Å². The van der Waals surface area contributed by atoms with Crippen LogP contribution in [0.1, 0.15) is 16.2 Å². The van der Waals surface area contributed by atoms with E-state index in [9.17, 15) is 4.79 Å². The quantitative estimate of drug-likeness (QED) is 0.574. The molecule has 137 valence electrons. The van der Waals surface area contributed by atoms with Gasteiger partial charge in [-0.2, -0.15) is 4.98 Å². The van der Waals surface area contributed by atoms with Crippen LogP contribution in [-0.2, 0) is 0 Å². The van der Waals surface area contributed by atoms with Crippen LogP contribution >= 0.6 is 15.9 Å². The molecule has 0 saturated heterocycles. The zero-order valence-electron chi connectivity index (χ0n) is 14.3. The number of hydrogen-bond donors (Lipinski definition) is 1. The summed E-state index contributed by atoms with van der Waals surface area (Å²) in [6.45, 7) is 2.32. The van der Waals surface area contributed by atoms with Gasteiger partial charge in [0.25, 0.3) is 5.91 Å². The fourth-order valence-electron chi connectivity index (χ4n) is 2.10. The monoisotopic (exact) mass is 428 g/mol. The van der Waals surface area contributed by atoms with Gasteiger partial charge in [0.05, 0.1) is 10.0 Å². The average molecular weight is 429 g/mol. The van der Waals surface area contributed by atoms with Crippen molar-refractivity contribution in [2.45, 2.75) is 6.92 Å². The Balaban J connectivity index is 1.73. The molecule has 0 aliphatic heterocycles. The molecule has 27 heavy (non-hydrogen) atoms. The van der Waals surface area contributed by atoms with Crippen LogP contribution in [0.15, 0.2) is 41.1 Å². The van der Waals surface area contributed by atoms with Gasteiger partial charge in [0, 0.05) is 12.4 Å². The highest BCUT2D eigenvalue weighted by atomic mass is 79.9. The molecule has 0 saturated carbocycles. The summed E-state index contributed by atoms with van der Waals surface area (Å²) < 4.78 is 11.8. The maximum absolute atomic E-state index is 11.4. The summed E-state index contributed by atoms with van der Waals surface area (Å²) in [7, 11) is 0. The van der Waals surface area contributed by atoms with Crippen molar-refractivity contribution in [1.82, 2.24) is 19.9 Å². The fraction of sp³-hybridized carbons (Fsp3) is 0.167. The lowest BCUT2D eigenvalue weighted by Crippen LogP contribution is -2.17. The molecule has 1 aromatic carbocycles. The zero-order chi connectivity index (χ0) is 19.2. The minimum Gasteiger partial charge on any atom is -0.473 e. The molecule has 0 aliphatic rings. The Hall–Kier alpha value is -3.07. The van der Waals surface area contributed by atoms with Gasteiger partial charge in [0.2, 0.25) is 11.7 Å². The Kier molecular flexibility index (Phi) is 5.92. The number of nitrogens with two attached hydrogens (primary N) is 1. The second-order valence-electron chi connectivity index (χ2n) is 5.45. The molecule has 1 radical (unpaired) electrons. The first-order valence-electron chi connectivity index (χ1n) is 7.92. The lowest BCUT2D eigenvalue weighted by atomic mass is 10.1. The summed E-state index contributed by atoms with van der Waals surface area (Å²) in [5, 5.41) is 0. The maximum atomic E-state index is 11.4. The maximum Gasteiger partial charge on any atom is 0.316 e. The van der Waals surface area contributed by atoms with Crippen molar-refractivity contribution in [3.8, 4) is 23.0 Å². The van der Waals surface area contributed by atoms with Crippen molar-refractivity contribution in [2.24, 2.45) is 5.73 Å². The Morgan fingerprint density at radius 2 is 1.81 bits per heavy atom. The minimum atomic E-state index is -0.758. The number of aryl methyl sites for hydroxylation is 1. The highest BCUT2D eigenvalue weighted by Gasteiger charge is 2.14. The van der Waals surface area contributed by atoms with Crippen LogP contribution in [0.4, 0.5) is 0 Å². The molecule has 2 heterocycles. The Morgan fingerprint density at radius 1 is 1.15 bits per heavy atom. The zero-order valence-corrected chi connectivity index (χ0v) is 15.9. The number of amides is 1. The molecule has 9 heteroatoms. The topological polar surface area (TPSA) is 113 Å². The molecule has 0 spiro atoms. The first-order chi connectivity index (χ1) is 13.0. The highest BCUT2D eigenvalue weighted by Crippen LogP contribution is 2.27. The van der Waals surface area contributed by atoms with E-state index < -0.39 is 5.91 Å². The van der Waals surface area contributed by atoms with Crippen LogP contribution in [0, 0.1) is 13.1 Å². The molecule has 0 aliphatic carbocycles. The van der Waals surface area contributed by atoms with Gasteiger partial charge in [-0.3, -0.25) is 4.79 Å². The van der Waals surface area contributed by atoms with Crippen LogP contribution in [-0.4, -0.2) is 39.1 Å². The number of nitrogens with zero attached hydrogens (tertiary/aromatic N) is 4. The van der Waals surface area contributed by atoms with Gasteiger partial charge < -0.3 is 15.2 Å². The van der Waals surface area contributed by atoms with Crippen molar-refractivity contribution >= 4 is 21.8 Å². The largest absolute Gasteiger partial charge is 0.473 e. The van der Waals surface area contributed by atoms with Gasteiger partial charge >= 0.3 is 6.01 Å². The average Bonchev–Trinajstić information content (AvgIpc) is 2.67. The van der Waals surface area contributed by atoms with Crippen molar-refractivity contribution in [3.05, 3.63) is 58.7 Å². The van der Waals surface area contributed by atoms with E-state index >= 15 is 0 Å². The lowest BCUT2D eigenvalue weighted by Gasteiger charge is -2.11. The van der Waals surface area contributed by atoms with Gasteiger partial charge in [0.1, 0.15) is 19.4 Å². The van der Waals surface area contributed by atoms with E-state index in [4.69, 9.17) is 15.2 Å². The molecule has 0 atom stereocenters. The number of ether oxygens (including phenoxy) is 2. The summed E-state index contributed by atoms with van der Waals surface area (Å²) in [5.74, 6) is -0.730. The number of hydrogen-bond acceptors (Lipinski definition) is 7. The fourth-order valence-corrected chi connectivity index (χ4v) is 2.31. The predicted octanol–water partition coefficient (Wildman–Crippen LogP) is 2.36. The molecular formula is C18H15BrN5O3. The molecule has 2 N–H and O–H groups in total. The lowest BCUT2D eigenvalue weighted by molar-refractivity contribution is 0.0988. The summed E-state index contributed by atoms with van der Waals surface area (Å²) >= 11 is 3.25. The summed E-state index contributed by atoms with van der Waals surface area (Å²) in [6, 6.07) is 7.92. The molecule has 0 fully saturated rings. The third-order valence-electron chi connectivity index (χ3n) is 3.41. The normalized spacial score (nSPS) is 10.4. The highest BCUT2D eigenvalue weighted by molar-refractivity contribution is 9.10. The van der Waals surface area contributed by atoms with Crippen LogP contribution in [0.5, 0.6) is 11.9 Å². The van der Waals surface area contributed by atoms with E-state index in [-0.39, 0.29) is 30.9 Å². The van der Waals surface area contributed by atoms with E-state index in [1.165, 1.54) is 0 Å². The van der Waals surface area contributed by atoms with Crippen molar-refractivity contribution in [2.75, 3.05) is 13.2 Å². The van der Waals surface area contributed by atoms with E-state index in [1.54, 1.807) is 12.4 Å². The Bertz CT molecular complexity index is 933. The number of carbonyl (C=O) groups excluding carboxylic acids is 1. The number of primary amides is 1. The summed E-state index contributed by atoms with van der Waals surface area (Å²) in [4.78, 5) is 27.3. The third-order valence-corrected chi connectivity index (χ3v) is 3.81. The van der Waals surface area contributed by atoms with Gasteiger partial charge in [-0.25, -0.2) is 15.0 Å². The van der Waals surface area contributed by atoms with E-state index in [1.807, 2.05) is 31.2 Å². The first kappa shape index (κ1) is 18.7. The van der Waals surface area contributed by atoms with Crippen molar-refractivity contribution in [1.29, 1.82) is 0 Å². The number of aromatic nitrogens is 4. The first-order valence-corrected chi connectivity index (χ1v) is 8.72. The van der Waals surface area contributed by atoms with Crippen LogP contribution in [0.3, 0.4) is 0 Å². The predicted molar refractivity (Wildman–Crippen MR) is 100 cm³/mol. The standard InChI is InChI=1S/C18H15BrN5O3/c1-11-2-4-12(5-3-11)14-10-21-16(15(20)25)24-17(14)26-6-7-27-18-22-8-13(19)9-23-18/h2-5,8-9H,6-7H2,1H3,(H2,20,25).